The van der Waals surface area contributed by atoms with Crippen LogP contribution in [0.3, 0.4) is 0 Å². The third kappa shape index (κ3) is 2.71. The zero-order valence-corrected chi connectivity index (χ0v) is 12.5. The molecule has 2 rings (SSSR count). The van der Waals surface area contributed by atoms with Gasteiger partial charge in [0.25, 0.3) is 0 Å². The Kier molecular flexibility index (Phi) is 4.15. The minimum Gasteiger partial charge on any atom is -0.478 e. The summed E-state index contributed by atoms with van der Waals surface area (Å²) in [6.07, 6.45) is 4.14. The van der Waals surface area contributed by atoms with Crippen LogP contribution in [0.2, 0.25) is 0 Å². The van der Waals surface area contributed by atoms with E-state index in [2.05, 4.69) is 0 Å². The van der Waals surface area contributed by atoms with Gasteiger partial charge in [-0.05, 0) is 36.5 Å². The van der Waals surface area contributed by atoms with Crippen molar-refractivity contribution < 1.29 is 18.3 Å². The fourth-order valence-corrected chi connectivity index (χ4v) is 3.61. The lowest BCUT2D eigenvalue weighted by atomic mass is 9.93. The molecule has 1 saturated carbocycles. The van der Waals surface area contributed by atoms with Gasteiger partial charge in [0.2, 0.25) is 10.0 Å². The van der Waals surface area contributed by atoms with Crippen molar-refractivity contribution >= 4 is 16.0 Å². The van der Waals surface area contributed by atoms with Crippen LogP contribution >= 0.6 is 0 Å². The topological polar surface area (TPSA) is 74.7 Å². The lowest BCUT2D eigenvalue weighted by Crippen LogP contribution is -2.22. The van der Waals surface area contributed by atoms with Crippen LogP contribution < -0.4 is 0 Å². The van der Waals surface area contributed by atoms with Crippen molar-refractivity contribution in [3.05, 3.63) is 29.3 Å². The van der Waals surface area contributed by atoms with Gasteiger partial charge < -0.3 is 5.11 Å². The molecule has 0 spiro atoms. The van der Waals surface area contributed by atoms with Gasteiger partial charge in [0.05, 0.1) is 10.5 Å². The minimum absolute atomic E-state index is 0.0293. The zero-order chi connectivity index (χ0) is 14.9. The van der Waals surface area contributed by atoms with Crippen LogP contribution in [0.1, 0.15) is 47.5 Å². The number of carbonyl (C=O) groups is 1. The van der Waals surface area contributed by atoms with Gasteiger partial charge in [0.15, 0.2) is 0 Å². The van der Waals surface area contributed by atoms with E-state index in [-0.39, 0.29) is 16.4 Å². The van der Waals surface area contributed by atoms with Crippen molar-refractivity contribution in [2.24, 2.45) is 0 Å². The maximum atomic E-state index is 12.1. The maximum Gasteiger partial charge on any atom is 0.336 e. The largest absolute Gasteiger partial charge is 0.478 e. The average molecular weight is 297 g/mol. The number of rotatable bonds is 4. The number of hydrogen-bond donors (Lipinski definition) is 1. The van der Waals surface area contributed by atoms with Gasteiger partial charge in [-0.3, -0.25) is 0 Å². The van der Waals surface area contributed by atoms with E-state index in [9.17, 15) is 18.3 Å². The summed E-state index contributed by atoms with van der Waals surface area (Å²) in [5.74, 6) is -0.833. The second kappa shape index (κ2) is 5.54. The predicted octanol–water partition coefficient (Wildman–Crippen LogP) is 2.29. The molecule has 1 fully saturated rings. The maximum absolute atomic E-state index is 12.1. The Morgan fingerprint density at radius 2 is 1.85 bits per heavy atom. The first-order chi connectivity index (χ1) is 9.34. The molecule has 6 heteroatoms. The summed E-state index contributed by atoms with van der Waals surface area (Å²) in [6, 6.07) is 4.45. The quantitative estimate of drug-likeness (QED) is 0.925. The Morgan fingerprint density at radius 3 is 2.35 bits per heavy atom. The van der Waals surface area contributed by atoms with Gasteiger partial charge >= 0.3 is 5.97 Å². The smallest absolute Gasteiger partial charge is 0.336 e. The Hall–Kier alpha value is -1.40. The second-order valence-corrected chi connectivity index (χ2v) is 7.47. The van der Waals surface area contributed by atoms with Crippen LogP contribution in [0.25, 0.3) is 0 Å². The Morgan fingerprint density at radius 1 is 1.25 bits per heavy atom. The monoisotopic (exact) mass is 297 g/mol. The summed E-state index contributed by atoms with van der Waals surface area (Å²) in [6.45, 7) is 0. The molecule has 0 radical (unpaired) electrons. The van der Waals surface area contributed by atoms with Crippen molar-refractivity contribution in [2.75, 3.05) is 14.1 Å². The summed E-state index contributed by atoms with van der Waals surface area (Å²) >= 11 is 0. The van der Waals surface area contributed by atoms with E-state index in [1.165, 1.54) is 26.2 Å². The van der Waals surface area contributed by atoms with Gasteiger partial charge in [-0.1, -0.05) is 18.9 Å². The third-order valence-electron chi connectivity index (χ3n) is 3.83. The van der Waals surface area contributed by atoms with Gasteiger partial charge in [-0.15, -0.1) is 0 Å². The summed E-state index contributed by atoms with van der Waals surface area (Å²) in [4.78, 5) is 11.4. The van der Waals surface area contributed by atoms with Crippen molar-refractivity contribution in [1.82, 2.24) is 4.31 Å². The molecule has 0 atom stereocenters. The van der Waals surface area contributed by atoms with Gasteiger partial charge in [0.1, 0.15) is 0 Å². The average Bonchev–Trinajstić information content (AvgIpc) is 2.91. The zero-order valence-electron chi connectivity index (χ0n) is 11.7. The Labute approximate surface area is 119 Å². The Bertz CT molecular complexity index is 616. The number of carboxylic acids is 1. The van der Waals surface area contributed by atoms with Crippen LogP contribution in [0, 0.1) is 0 Å². The Balaban J connectivity index is 2.51. The van der Waals surface area contributed by atoms with E-state index in [1.54, 1.807) is 6.07 Å². The highest BCUT2D eigenvalue weighted by molar-refractivity contribution is 7.89. The first-order valence-electron chi connectivity index (χ1n) is 6.64. The van der Waals surface area contributed by atoms with Crippen molar-refractivity contribution in [2.45, 2.75) is 36.5 Å². The van der Waals surface area contributed by atoms with Gasteiger partial charge in [-0.2, -0.15) is 0 Å². The number of carboxylic acid groups (broad SMARTS) is 1. The molecular formula is C14H19NO4S. The van der Waals surface area contributed by atoms with E-state index in [1.807, 2.05) is 0 Å². The molecule has 1 aliphatic rings. The summed E-state index contributed by atoms with van der Waals surface area (Å²) in [5.41, 5.74) is 0.868. The molecule has 1 aliphatic carbocycles. The molecule has 0 unspecified atom stereocenters. The molecule has 0 aromatic heterocycles. The highest BCUT2D eigenvalue weighted by Crippen LogP contribution is 2.36. The molecular weight excluding hydrogens is 278 g/mol. The number of benzene rings is 1. The number of hydrogen-bond acceptors (Lipinski definition) is 3. The first kappa shape index (κ1) is 15.0. The first-order valence-corrected chi connectivity index (χ1v) is 8.08. The van der Waals surface area contributed by atoms with Crippen LogP contribution in [-0.2, 0) is 10.0 Å². The molecule has 20 heavy (non-hydrogen) atoms. The fraction of sp³-hybridized carbons (Fsp3) is 0.500. The lowest BCUT2D eigenvalue weighted by Gasteiger charge is -2.16. The molecule has 0 aliphatic heterocycles. The minimum atomic E-state index is -3.60. The lowest BCUT2D eigenvalue weighted by molar-refractivity contribution is 0.0695. The van der Waals surface area contributed by atoms with Gasteiger partial charge in [0, 0.05) is 14.1 Å². The van der Waals surface area contributed by atoms with Crippen molar-refractivity contribution in [3.63, 3.8) is 0 Å². The SMILES string of the molecule is CN(C)S(=O)(=O)c1ccc(C2CCCC2)c(C(=O)O)c1. The molecule has 1 aromatic carbocycles. The van der Waals surface area contributed by atoms with Crippen LogP contribution in [0.15, 0.2) is 23.1 Å². The molecule has 0 bridgehead atoms. The second-order valence-electron chi connectivity index (χ2n) is 5.32. The molecule has 5 nitrogen and oxygen atoms in total. The molecule has 1 aromatic rings. The molecule has 0 saturated heterocycles. The molecule has 110 valence electrons. The normalized spacial score (nSPS) is 16.8. The van der Waals surface area contributed by atoms with E-state index < -0.39 is 16.0 Å². The van der Waals surface area contributed by atoms with E-state index in [0.29, 0.717) is 0 Å². The molecule has 0 heterocycles. The highest BCUT2D eigenvalue weighted by atomic mass is 32.2. The van der Waals surface area contributed by atoms with E-state index in [4.69, 9.17) is 0 Å². The van der Waals surface area contributed by atoms with E-state index in [0.717, 1.165) is 35.6 Å². The highest BCUT2D eigenvalue weighted by Gasteiger charge is 2.25. The van der Waals surface area contributed by atoms with Crippen molar-refractivity contribution in [3.8, 4) is 0 Å². The van der Waals surface area contributed by atoms with Crippen LogP contribution in [0.4, 0.5) is 0 Å². The molecule has 1 N–H and O–H groups in total. The molecule has 0 amide bonds. The summed E-state index contributed by atoms with van der Waals surface area (Å²) < 4.78 is 25.2. The summed E-state index contributed by atoms with van der Waals surface area (Å²) in [5, 5.41) is 9.35. The van der Waals surface area contributed by atoms with Crippen LogP contribution in [0.5, 0.6) is 0 Å². The predicted molar refractivity (Wildman–Crippen MR) is 75.5 cm³/mol. The standard InChI is InChI=1S/C14H19NO4S/c1-15(2)20(18,19)11-7-8-12(10-5-3-4-6-10)13(9-11)14(16)17/h7-10H,3-6H2,1-2H3,(H,16,17). The number of sulfonamides is 1. The fourth-order valence-electron chi connectivity index (χ4n) is 2.68. The van der Waals surface area contributed by atoms with Crippen LogP contribution in [-0.4, -0.2) is 37.9 Å². The summed E-state index contributed by atoms with van der Waals surface area (Å²) in [7, 11) is -0.741. The van der Waals surface area contributed by atoms with E-state index >= 15 is 0 Å². The van der Waals surface area contributed by atoms with Crippen molar-refractivity contribution in [1.29, 1.82) is 0 Å². The number of nitrogens with zero attached hydrogens (tertiary/aromatic N) is 1. The number of aromatic carboxylic acids is 1. The van der Waals surface area contributed by atoms with Gasteiger partial charge in [-0.25, -0.2) is 17.5 Å². The third-order valence-corrected chi connectivity index (χ3v) is 5.64.